The van der Waals surface area contributed by atoms with Gasteiger partial charge in [-0.15, -0.1) is 22.7 Å². The van der Waals surface area contributed by atoms with Gasteiger partial charge in [-0.2, -0.15) is 0 Å². The van der Waals surface area contributed by atoms with Crippen LogP contribution in [0.2, 0.25) is 0 Å². The van der Waals surface area contributed by atoms with Crippen molar-refractivity contribution in [2.75, 3.05) is 0 Å². The molecular formula is C12H13N2S2+. The topological polar surface area (TPSA) is 16.8 Å². The third-order valence-electron chi connectivity index (χ3n) is 2.94. The highest BCUT2D eigenvalue weighted by Crippen LogP contribution is 2.39. The molecule has 0 fully saturated rings. The van der Waals surface area contributed by atoms with Gasteiger partial charge in [-0.3, -0.25) is 0 Å². The van der Waals surface area contributed by atoms with Gasteiger partial charge in [0.05, 0.1) is 16.4 Å². The minimum atomic E-state index is 1.06. The van der Waals surface area contributed by atoms with Gasteiger partial charge in [0.15, 0.2) is 0 Å². The van der Waals surface area contributed by atoms with E-state index < -0.39 is 0 Å². The maximum atomic E-state index is 4.57. The minimum absolute atomic E-state index is 1.06. The molecule has 0 aliphatic heterocycles. The molecule has 0 bridgehead atoms. The second kappa shape index (κ2) is 3.50. The molecule has 3 heterocycles. The van der Waals surface area contributed by atoms with Gasteiger partial charge in [-0.1, -0.05) is 6.92 Å². The molecular weight excluding hydrogens is 236 g/mol. The van der Waals surface area contributed by atoms with Gasteiger partial charge >= 0.3 is 0 Å². The Kier molecular flexibility index (Phi) is 2.23. The number of thiophene rings is 2. The molecule has 0 radical (unpaired) electrons. The van der Waals surface area contributed by atoms with Crippen LogP contribution in [0.4, 0.5) is 0 Å². The van der Waals surface area contributed by atoms with Crippen molar-refractivity contribution in [3.63, 3.8) is 0 Å². The molecule has 0 aromatic carbocycles. The first-order valence-corrected chi connectivity index (χ1v) is 7.05. The summed E-state index contributed by atoms with van der Waals surface area (Å²) < 4.78 is 6.26. The second-order valence-corrected chi connectivity index (χ2v) is 5.91. The number of aryl methyl sites for hydroxylation is 3. The number of hydrogen-bond donors (Lipinski definition) is 0. The van der Waals surface area contributed by atoms with Crippen LogP contribution in [0.3, 0.4) is 0 Å². The van der Waals surface area contributed by atoms with Crippen molar-refractivity contribution in [1.82, 2.24) is 4.98 Å². The average molecular weight is 249 g/mol. The van der Waals surface area contributed by atoms with Gasteiger partial charge in [-0.25, -0.2) is 4.57 Å². The minimum Gasteiger partial charge on any atom is -0.236 e. The van der Waals surface area contributed by atoms with Crippen LogP contribution in [0.15, 0.2) is 11.7 Å². The molecule has 3 rings (SSSR count). The quantitative estimate of drug-likeness (QED) is 0.605. The lowest BCUT2D eigenvalue weighted by atomic mass is 10.3. The summed E-state index contributed by atoms with van der Waals surface area (Å²) in [5, 5.41) is 2.22. The summed E-state index contributed by atoms with van der Waals surface area (Å²) in [4.78, 5) is 4.57. The van der Waals surface area contributed by atoms with E-state index >= 15 is 0 Å². The van der Waals surface area contributed by atoms with E-state index in [2.05, 4.69) is 35.8 Å². The molecule has 0 saturated heterocycles. The lowest BCUT2D eigenvalue weighted by molar-refractivity contribution is -0.680. The van der Waals surface area contributed by atoms with Gasteiger partial charge < -0.3 is 0 Å². The first-order chi connectivity index (χ1) is 7.72. The van der Waals surface area contributed by atoms with Gasteiger partial charge in [-0.05, 0) is 22.9 Å². The highest BCUT2D eigenvalue weighted by molar-refractivity contribution is 7.32. The molecule has 0 spiro atoms. The van der Waals surface area contributed by atoms with Crippen molar-refractivity contribution in [2.24, 2.45) is 7.05 Å². The molecule has 16 heavy (non-hydrogen) atoms. The summed E-state index contributed by atoms with van der Waals surface area (Å²) in [6.07, 6.45) is 2.99. The number of nitrogens with zero attached hydrogens (tertiary/aromatic N) is 2. The standard InChI is InChI=1S/C12H13N2S2/c1-4-8-11-9(13-6-14(8)3)12-10(16-11)7(2)5-15-12/h5-6H,4H2,1-3H3/q+1. The van der Waals surface area contributed by atoms with Crippen LogP contribution < -0.4 is 4.57 Å². The molecule has 3 aromatic heterocycles. The Morgan fingerprint density at radius 3 is 2.88 bits per heavy atom. The predicted molar refractivity (Wildman–Crippen MR) is 70.3 cm³/mol. The summed E-state index contributed by atoms with van der Waals surface area (Å²) in [5.41, 5.74) is 3.96. The fourth-order valence-corrected chi connectivity index (χ4v) is 4.70. The van der Waals surface area contributed by atoms with Crippen LogP contribution in [0, 0.1) is 6.92 Å². The zero-order valence-corrected chi connectivity index (χ0v) is 11.2. The summed E-state index contributed by atoms with van der Waals surface area (Å²) >= 11 is 3.70. The maximum Gasteiger partial charge on any atom is 0.286 e. The van der Waals surface area contributed by atoms with Gasteiger partial charge in [0.1, 0.15) is 10.4 Å². The predicted octanol–water partition coefficient (Wildman–Crippen LogP) is 3.21. The Hall–Kier alpha value is -1.00. The molecule has 0 unspecified atom stereocenters. The molecule has 4 heteroatoms. The van der Waals surface area contributed by atoms with E-state index in [9.17, 15) is 0 Å². The Balaban J connectivity index is 2.53. The van der Waals surface area contributed by atoms with Crippen molar-refractivity contribution in [3.8, 4) is 0 Å². The van der Waals surface area contributed by atoms with E-state index in [4.69, 9.17) is 0 Å². The molecule has 2 nitrogen and oxygen atoms in total. The van der Waals surface area contributed by atoms with Crippen molar-refractivity contribution < 1.29 is 4.57 Å². The van der Waals surface area contributed by atoms with Crippen LogP contribution in [0.5, 0.6) is 0 Å². The first-order valence-electron chi connectivity index (χ1n) is 5.36. The third-order valence-corrected chi connectivity index (χ3v) is 5.53. The monoisotopic (exact) mass is 249 g/mol. The van der Waals surface area contributed by atoms with Crippen LogP contribution >= 0.6 is 22.7 Å². The highest BCUT2D eigenvalue weighted by atomic mass is 32.1. The van der Waals surface area contributed by atoms with E-state index in [-0.39, 0.29) is 0 Å². The number of rotatable bonds is 1. The Morgan fingerprint density at radius 2 is 2.12 bits per heavy atom. The van der Waals surface area contributed by atoms with Crippen LogP contribution in [0.25, 0.3) is 19.6 Å². The number of hydrogen-bond acceptors (Lipinski definition) is 3. The van der Waals surface area contributed by atoms with E-state index in [0.29, 0.717) is 0 Å². The summed E-state index contributed by atoms with van der Waals surface area (Å²) in [6, 6.07) is 0. The Labute approximate surface area is 102 Å². The molecule has 0 amide bonds. The van der Waals surface area contributed by atoms with Crippen molar-refractivity contribution in [1.29, 1.82) is 0 Å². The Morgan fingerprint density at radius 1 is 1.31 bits per heavy atom. The molecule has 0 saturated carbocycles. The summed E-state index contributed by atoms with van der Waals surface area (Å²) in [7, 11) is 2.08. The zero-order valence-electron chi connectivity index (χ0n) is 9.57. The summed E-state index contributed by atoms with van der Waals surface area (Å²) in [5.74, 6) is 0. The smallest absolute Gasteiger partial charge is 0.236 e. The van der Waals surface area contributed by atoms with Gasteiger partial charge in [0, 0.05) is 6.42 Å². The van der Waals surface area contributed by atoms with Crippen molar-refractivity contribution in [2.45, 2.75) is 20.3 Å². The first kappa shape index (κ1) is 10.2. The van der Waals surface area contributed by atoms with Crippen molar-refractivity contribution in [3.05, 3.63) is 23.0 Å². The largest absolute Gasteiger partial charge is 0.286 e. The molecule has 0 aliphatic carbocycles. The fraction of sp³-hybridized carbons (Fsp3) is 0.333. The van der Waals surface area contributed by atoms with Crippen LogP contribution in [0.1, 0.15) is 18.2 Å². The van der Waals surface area contributed by atoms with Gasteiger partial charge in [0.25, 0.3) is 6.33 Å². The zero-order chi connectivity index (χ0) is 11.3. The third kappa shape index (κ3) is 1.23. The van der Waals surface area contributed by atoms with E-state index in [0.717, 1.165) is 6.42 Å². The highest BCUT2D eigenvalue weighted by Gasteiger charge is 2.19. The number of fused-ring (bicyclic) bond motifs is 3. The summed E-state index contributed by atoms with van der Waals surface area (Å²) in [6.45, 7) is 4.38. The fourth-order valence-electron chi connectivity index (χ4n) is 2.07. The second-order valence-electron chi connectivity index (χ2n) is 4.01. The molecule has 82 valence electrons. The molecule has 3 aromatic rings. The lowest BCUT2D eigenvalue weighted by Gasteiger charge is -1.97. The van der Waals surface area contributed by atoms with E-state index in [1.165, 1.54) is 30.9 Å². The lowest BCUT2D eigenvalue weighted by Crippen LogP contribution is -2.33. The van der Waals surface area contributed by atoms with E-state index in [1.807, 2.05) is 29.0 Å². The van der Waals surface area contributed by atoms with Crippen molar-refractivity contribution >= 4 is 42.3 Å². The molecule has 0 atom stereocenters. The Bertz CT molecular complexity index is 679. The average Bonchev–Trinajstić information content (AvgIpc) is 2.79. The van der Waals surface area contributed by atoms with Gasteiger partial charge in [0.2, 0.25) is 5.52 Å². The van der Waals surface area contributed by atoms with Crippen LogP contribution in [-0.4, -0.2) is 4.98 Å². The van der Waals surface area contributed by atoms with Crippen LogP contribution in [-0.2, 0) is 13.5 Å². The number of aromatic nitrogens is 2. The van der Waals surface area contributed by atoms with E-state index in [1.54, 1.807) is 0 Å². The molecule has 0 aliphatic rings. The normalized spacial score (nSPS) is 11.7. The molecule has 0 N–H and O–H groups in total. The maximum absolute atomic E-state index is 4.57. The SMILES string of the molecule is CCc1c2sc3c(C)csc3c2nc[n+]1C.